The summed E-state index contributed by atoms with van der Waals surface area (Å²) in [5.41, 5.74) is 4.76. The van der Waals surface area contributed by atoms with Crippen LogP contribution in [0.15, 0.2) is 81.8 Å². The Morgan fingerprint density at radius 1 is 0.741 bits per heavy atom. The van der Waals surface area contributed by atoms with E-state index in [-0.39, 0.29) is 0 Å². The molecule has 0 aliphatic carbocycles. The molecular formula is C21H13BrN4O. The molecule has 0 spiro atoms. The summed E-state index contributed by atoms with van der Waals surface area (Å²) in [6.07, 6.45) is 0. The van der Waals surface area contributed by atoms with E-state index in [0.717, 1.165) is 38.0 Å². The second kappa shape index (κ2) is 6.48. The van der Waals surface area contributed by atoms with Crippen molar-refractivity contribution in [2.75, 3.05) is 0 Å². The van der Waals surface area contributed by atoms with Crippen LogP contribution in [-0.2, 0) is 0 Å². The Kier molecular flexibility index (Phi) is 3.83. The molecule has 1 N–H and O–H groups in total. The molecule has 0 amide bonds. The molecule has 0 aliphatic rings. The molecule has 0 unspecified atom stereocenters. The van der Waals surface area contributed by atoms with Gasteiger partial charge in [0.25, 0.3) is 5.89 Å². The van der Waals surface area contributed by atoms with E-state index in [1.807, 2.05) is 72.8 Å². The van der Waals surface area contributed by atoms with E-state index < -0.39 is 0 Å². The molecule has 5 aromatic rings. The van der Waals surface area contributed by atoms with E-state index >= 15 is 0 Å². The molecule has 27 heavy (non-hydrogen) atoms. The lowest BCUT2D eigenvalue weighted by Gasteiger charge is -1.98. The summed E-state index contributed by atoms with van der Waals surface area (Å²) in [5.74, 6) is 1.90. The van der Waals surface area contributed by atoms with Crippen molar-refractivity contribution in [3.63, 3.8) is 0 Å². The first-order chi connectivity index (χ1) is 13.3. The number of imidazole rings is 1. The summed E-state index contributed by atoms with van der Waals surface area (Å²) in [7, 11) is 0. The smallest absolute Gasteiger partial charge is 0.258 e. The molecule has 3 aromatic carbocycles. The van der Waals surface area contributed by atoms with E-state index in [0.29, 0.717) is 11.7 Å². The van der Waals surface area contributed by atoms with Crippen LogP contribution in [0, 0.1) is 0 Å². The van der Waals surface area contributed by atoms with Crippen LogP contribution in [-0.4, -0.2) is 20.1 Å². The number of H-pyrrole nitrogens is 1. The molecule has 0 atom stereocenters. The molecule has 0 saturated heterocycles. The van der Waals surface area contributed by atoms with Gasteiger partial charge in [0, 0.05) is 21.2 Å². The third-order valence-electron chi connectivity index (χ3n) is 4.32. The summed E-state index contributed by atoms with van der Waals surface area (Å²) in [4.78, 5) is 12.5. The van der Waals surface area contributed by atoms with Crippen molar-refractivity contribution < 1.29 is 4.52 Å². The third kappa shape index (κ3) is 3.04. The summed E-state index contributed by atoms with van der Waals surface area (Å²) < 4.78 is 6.41. The highest BCUT2D eigenvalue weighted by atomic mass is 79.9. The number of rotatable bonds is 3. The standard InChI is InChI=1S/C21H13BrN4O/c22-16-11-9-15(10-12-16)21-25-20(26-27-21)14-7-5-13(6-8-14)19-23-17-3-1-2-4-18(17)24-19/h1-12H,(H,23,24). The highest BCUT2D eigenvalue weighted by Crippen LogP contribution is 2.26. The number of halogens is 1. The number of nitrogens with one attached hydrogen (secondary N) is 1. The van der Waals surface area contributed by atoms with Crippen LogP contribution in [0.3, 0.4) is 0 Å². The lowest BCUT2D eigenvalue weighted by molar-refractivity contribution is 0.432. The van der Waals surface area contributed by atoms with Gasteiger partial charge in [-0.05, 0) is 36.4 Å². The SMILES string of the molecule is Brc1ccc(-c2nc(-c3ccc(-c4nc5ccccc5[nH]4)cc3)no2)cc1. The van der Waals surface area contributed by atoms with E-state index in [2.05, 4.69) is 36.0 Å². The van der Waals surface area contributed by atoms with Crippen molar-refractivity contribution >= 4 is 27.0 Å². The van der Waals surface area contributed by atoms with Gasteiger partial charge in [0.2, 0.25) is 5.82 Å². The predicted molar refractivity (Wildman–Crippen MR) is 108 cm³/mol. The van der Waals surface area contributed by atoms with Crippen LogP contribution in [0.5, 0.6) is 0 Å². The van der Waals surface area contributed by atoms with Gasteiger partial charge in [-0.2, -0.15) is 4.98 Å². The zero-order chi connectivity index (χ0) is 18.2. The van der Waals surface area contributed by atoms with Gasteiger partial charge in [-0.1, -0.05) is 57.5 Å². The summed E-state index contributed by atoms with van der Waals surface area (Å²) in [5, 5.41) is 4.10. The van der Waals surface area contributed by atoms with E-state index in [1.165, 1.54) is 0 Å². The minimum absolute atomic E-state index is 0.499. The maximum absolute atomic E-state index is 5.40. The fraction of sp³-hybridized carbons (Fsp3) is 0. The largest absolute Gasteiger partial charge is 0.338 e. The molecule has 2 aromatic heterocycles. The molecule has 0 fully saturated rings. The normalized spacial score (nSPS) is 11.1. The van der Waals surface area contributed by atoms with Gasteiger partial charge in [-0.25, -0.2) is 4.98 Å². The average Bonchev–Trinajstić information content (AvgIpc) is 3.36. The first-order valence-electron chi connectivity index (χ1n) is 8.41. The second-order valence-electron chi connectivity index (χ2n) is 6.11. The minimum atomic E-state index is 0.499. The van der Waals surface area contributed by atoms with Gasteiger partial charge in [-0.3, -0.25) is 0 Å². The summed E-state index contributed by atoms with van der Waals surface area (Å²) in [6.45, 7) is 0. The zero-order valence-corrected chi connectivity index (χ0v) is 15.6. The number of nitrogens with zero attached hydrogens (tertiary/aromatic N) is 3. The highest BCUT2D eigenvalue weighted by molar-refractivity contribution is 9.10. The zero-order valence-electron chi connectivity index (χ0n) is 14.1. The molecule has 5 rings (SSSR count). The Morgan fingerprint density at radius 2 is 1.44 bits per heavy atom. The van der Waals surface area contributed by atoms with Gasteiger partial charge in [0.1, 0.15) is 5.82 Å². The minimum Gasteiger partial charge on any atom is -0.338 e. The van der Waals surface area contributed by atoms with Crippen molar-refractivity contribution in [2.45, 2.75) is 0 Å². The molecule has 2 heterocycles. The van der Waals surface area contributed by atoms with Crippen LogP contribution in [0.1, 0.15) is 0 Å². The van der Waals surface area contributed by atoms with Crippen molar-refractivity contribution in [3.8, 4) is 34.2 Å². The van der Waals surface area contributed by atoms with Crippen LogP contribution >= 0.6 is 15.9 Å². The van der Waals surface area contributed by atoms with Crippen LogP contribution in [0.2, 0.25) is 0 Å². The quantitative estimate of drug-likeness (QED) is 0.408. The molecule has 0 aliphatic heterocycles. The number of para-hydroxylation sites is 2. The molecule has 0 radical (unpaired) electrons. The van der Waals surface area contributed by atoms with Gasteiger partial charge < -0.3 is 9.51 Å². The van der Waals surface area contributed by atoms with E-state index in [1.54, 1.807) is 0 Å². The number of aromatic nitrogens is 4. The first-order valence-corrected chi connectivity index (χ1v) is 9.21. The number of hydrogen-bond donors (Lipinski definition) is 1. The molecular weight excluding hydrogens is 404 g/mol. The van der Waals surface area contributed by atoms with Crippen LogP contribution in [0.4, 0.5) is 0 Å². The van der Waals surface area contributed by atoms with Crippen LogP contribution < -0.4 is 0 Å². The van der Waals surface area contributed by atoms with Gasteiger partial charge in [-0.15, -0.1) is 0 Å². The Bertz CT molecular complexity index is 1190. The fourth-order valence-electron chi connectivity index (χ4n) is 2.92. The molecule has 0 bridgehead atoms. The Hall–Kier alpha value is -3.25. The van der Waals surface area contributed by atoms with E-state index in [4.69, 9.17) is 4.52 Å². The van der Waals surface area contributed by atoms with Crippen molar-refractivity contribution in [1.29, 1.82) is 0 Å². The maximum Gasteiger partial charge on any atom is 0.258 e. The van der Waals surface area contributed by atoms with Gasteiger partial charge >= 0.3 is 0 Å². The van der Waals surface area contributed by atoms with Crippen molar-refractivity contribution in [3.05, 3.63) is 77.3 Å². The molecule has 6 heteroatoms. The maximum atomic E-state index is 5.40. The number of benzene rings is 3. The van der Waals surface area contributed by atoms with Gasteiger partial charge in [0.15, 0.2) is 0 Å². The van der Waals surface area contributed by atoms with Crippen LogP contribution in [0.25, 0.3) is 45.3 Å². The highest BCUT2D eigenvalue weighted by Gasteiger charge is 2.11. The second-order valence-corrected chi connectivity index (χ2v) is 7.03. The van der Waals surface area contributed by atoms with Crippen molar-refractivity contribution in [1.82, 2.24) is 20.1 Å². The Morgan fingerprint density at radius 3 is 2.22 bits per heavy atom. The third-order valence-corrected chi connectivity index (χ3v) is 4.85. The number of fused-ring (bicyclic) bond motifs is 1. The Balaban J connectivity index is 1.44. The molecule has 0 saturated carbocycles. The molecule has 130 valence electrons. The number of hydrogen-bond acceptors (Lipinski definition) is 4. The lowest BCUT2D eigenvalue weighted by Crippen LogP contribution is -1.84. The van der Waals surface area contributed by atoms with Gasteiger partial charge in [0.05, 0.1) is 11.0 Å². The lowest BCUT2D eigenvalue weighted by atomic mass is 10.1. The fourth-order valence-corrected chi connectivity index (χ4v) is 3.18. The number of aromatic amines is 1. The summed E-state index contributed by atoms with van der Waals surface area (Å²) >= 11 is 3.42. The Labute approximate surface area is 163 Å². The molecule has 5 nitrogen and oxygen atoms in total. The first kappa shape index (κ1) is 16.0. The predicted octanol–water partition coefficient (Wildman–Crippen LogP) is 5.71. The van der Waals surface area contributed by atoms with Crippen molar-refractivity contribution in [2.24, 2.45) is 0 Å². The average molecular weight is 417 g/mol. The topological polar surface area (TPSA) is 67.6 Å². The van der Waals surface area contributed by atoms with E-state index in [9.17, 15) is 0 Å². The summed E-state index contributed by atoms with van der Waals surface area (Å²) in [6, 6.07) is 23.7. The monoisotopic (exact) mass is 416 g/mol.